The third kappa shape index (κ3) is 4.24. The van der Waals surface area contributed by atoms with E-state index >= 15 is 4.39 Å². The van der Waals surface area contributed by atoms with Crippen molar-refractivity contribution in [3.63, 3.8) is 0 Å². The molecule has 1 aliphatic rings. The Balaban J connectivity index is 1.72. The number of rotatable bonds is 5. The first-order chi connectivity index (χ1) is 17.8. The van der Waals surface area contributed by atoms with Gasteiger partial charge in [-0.1, -0.05) is 49.4 Å². The van der Waals surface area contributed by atoms with Crippen molar-refractivity contribution < 1.29 is 23.8 Å². The maximum atomic E-state index is 15.4. The summed E-state index contributed by atoms with van der Waals surface area (Å²) in [6.45, 7) is 3.24. The quantitative estimate of drug-likeness (QED) is 0.413. The van der Waals surface area contributed by atoms with Crippen LogP contribution in [0.15, 0.2) is 71.7 Å². The smallest absolute Gasteiger partial charge is 0.341 e. The van der Waals surface area contributed by atoms with E-state index in [1.807, 2.05) is 35.2 Å². The van der Waals surface area contributed by atoms with E-state index in [0.29, 0.717) is 19.0 Å². The fourth-order valence-electron chi connectivity index (χ4n) is 4.93. The number of fused-ring (bicyclic) bond motifs is 1. The predicted molar refractivity (Wildman–Crippen MR) is 139 cm³/mol. The Morgan fingerprint density at radius 1 is 1.05 bits per heavy atom. The van der Waals surface area contributed by atoms with Gasteiger partial charge in [0.05, 0.1) is 12.5 Å². The number of pyridine rings is 1. The van der Waals surface area contributed by atoms with E-state index in [2.05, 4.69) is 6.92 Å². The lowest BCUT2D eigenvalue weighted by Gasteiger charge is -2.24. The molecule has 1 aliphatic heterocycles. The number of carbonyl (C=O) groups is 2. The van der Waals surface area contributed by atoms with Crippen LogP contribution in [0, 0.1) is 11.7 Å². The van der Waals surface area contributed by atoms with Crippen LogP contribution in [0.2, 0.25) is 0 Å². The molecule has 1 atom stereocenters. The SMILES string of the molecule is COc1c(N2CCC(C)C2)c(F)cc2c(=O)c(C(=O)O)cn(C(=O)c3ccc(-c4ccccc4)cc3)c12. The highest BCUT2D eigenvalue weighted by Gasteiger charge is 2.30. The number of carboxylic acids is 1. The zero-order valence-electron chi connectivity index (χ0n) is 20.4. The summed E-state index contributed by atoms with van der Waals surface area (Å²) in [6, 6.07) is 17.5. The molecular formula is C29H25FN2O5. The van der Waals surface area contributed by atoms with Gasteiger partial charge >= 0.3 is 5.97 Å². The number of methoxy groups -OCH3 is 1. The third-order valence-electron chi connectivity index (χ3n) is 6.80. The fourth-order valence-corrected chi connectivity index (χ4v) is 4.93. The number of anilines is 1. The molecule has 1 aromatic heterocycles. The lowest BCUT2D eigenvalue weighted by molar-refractivity contribution is 0.0695. The second kappa shape index (κ2) is 9.54. The van der Waals surface area contributed by atoms with Crippen molar-refractivity contribution in [2.45, 2.75) is 13.3 Å². The Morgan fingerprint density at radius 2 is 1.73 bits per heavy atom. The van der Waals surface area contributed by atoms with Crippen LogP contribution >= 0.6 is 0 Å². The molecule has 0 bridgehead atoms. The molecule has 0 saturated carbocycles. The zero-order chi connectivity index (χ0) is 26.3. The summed E-state index contributed by atoms with van der Waals surface area (Å²) in [7, 11) is 1.34. The summed E-state index contributed by atoms with van der Waals surface area (Å²) in [5, 5.41) is 9.42. The second-order valence-electron chi connectivity index (χ2n) is 9.27. The van der Waals surface area contributed by atoms with Crippen molar-refractivity contribution in [3.8, 4) is 16.9 Å². The van der Waals surface area contributed by atoms with Crippen LogP contribution in [0.1, 0.15) is 34.1 Å². The van der Waals surface area contributed by atoms with E-state index in [1.54, 1.807) is 24.3 Å². The molecule has 1 N–H and O–H groups in total. The molecular weight excluding hydrogens is 475 g/mol. The number of carboxylic acid groups (broad SMARTS) is 1. The van der Waals surface area contributed by atoms with E-state index in [4.69, 9.17) is 4.74 Å². The lowest BCUT2D eigenvalue weighted by Crippen LogP contribution is -2.26. The number of hydrogen-bond donors (Lipinski definition) is 1. The zero-order valence-corrected chi connectivity index (χ0v) is 20.4. The second-order valence-corrected chi connectivity index (χ2v) is 9.27. The van der Waals surface area contributed by atoms with Gasteiger partial charge in [0.15, 0.2) is 11.6 Å². The van der Waals surface area contributed by atoms with Crippen molar-refractivity contribution in [1.82, 2.24) is 4.57 Å². The number of carbonyl (C=O) groups excluding carboxylic acids is 1. The highest BCUT2D eigenvalue weighted by atomic mass is 19.1. The van der Waals surface area contributed by atoms with Gasteiger partial charge in [-0.3, -0.25) is 14.2 Å². The van der Waals surface area contributed by atoms with Crippen molar-refractivity contribution in [2.75, 3.05) is 25.1 Å². The van der Waals surface area contributed by atoms with Crippen LogP contribution in [-0.2, 0) is 0 Å². The monoisotopic (exact) mass is 500 g/mol. The molecule has 5 rings (SSSR count). The Kier molecular flexibility index (Phi) is 6.25. The summed E-state index contributed by atoms with van der Waals surface area (Å²) < 4.78 is 22.1. The topological polar surface area (TPSA) is 88.8 Å². The van der Waals surface area contributed by atoms with Gasteiger partial charge in [0.25, 0.3) is 5.91 Å². The molecule has 4 aromatic rings. The Morgan fingerprint density at radius 3 is 2.32 bits per heavy atom. The molecule has 0 spiro atoms. The minimum absolute atomic E-state index is 0.0207. The standard InChI is InChI=1S/C29H25FN2O5/c1-17-12-13-31(15-17)25-23(30)14-21-24(27(25)37-2)32(16-22(26(21)33)29(35)36)28(34)20-10-8-19(9-11-20)18-6-4-3-5-7-18/h3-11,14,16-17H,12-13,15H2,1-2H3,(H,35,36). The van der Waals surface area contributed by atoms with Gasteiger partial charge in [0, 0.05) is 24.8 Å². The minimum atomic E-state index is -1.51. The van der Waals surface area contributed by atoms with E-state index < -0.39 is 28.7 Å². The third-order valence-corrected chi connectivity index (χ3v) is 6.80. The van der Waals surface area contributed by atoms with Crippen LogP contribution in [0.5, 0.6) is 5.75 Å². The first-order valence-corrected chi connectivity index (χ1v) is 11.9. The van der Waals surface area contributed by atoms with Gasteiger partial charge in [-0.2, -0.15) is 0 Å². The molecule has 37 heavy (non-hydrogen) atoms. The summed E-state index contributed by atoms with van der Waals surface area (Å²) in [5.41, 5.74) is 0.815. The summed E-state index contributed by atoms with van der Waals surface area (Å²) in [6.07, 6.45) is 1.86. The molecule has 8 heteroatoms. The highest BCUT2D eigenvalue weighted by Crippen LogP contribution is 2.40. The summed E-state index contributed by atoms with van der Waals surface area (Å²) in [5.74, 6) is -2.43. The number of hydrogen-bond acceptors (Lipinski definition) is 5. The van der Waals surface area contributed by atoms with Gasteiger partial charge in [-0.25, -0.2) is 9.18 Å². The maximum Gasteiger partial charge on any atom is 0.341 e. The number of aromatic carboxylic acids is 1. The largest absolute Gasteiger partial charge is 0.492 e. The molecule has 1 saturated heterocycles. The van der Waals surface area contributed by atoms with Crippen LogP contribution in [0.4, 0.5) is 10.1 Å². The van der Waals surface area contributed by atoms with E-state index in [-0.39, 0.29) is 27.9 Å². The number of benzene rings is 3. The number of ether oxygens (including phenoxy) is 1. The highest BCUT2D eigenvalue weighted by molar-refractivity contribution is 6.06. The van der Waals surface area contributed by atoms with Gasteiger partial charge in [-0.15, -0.1) is 0 Å². The van der Waals surface area contributed by atoms with Crippen molar-refractivity contribution >= 4 is 28.5 Å². The average molecular weight is 501 g/mol. The number of halogens is 1. The average Bonchev–Trinajstić information content (AvgIpc) is 3.34. The van der Waals surface area contributed by atoms with E-state index in [0.717, 1.165) is 34.4 Å². The van der Waals surface area contributed by atoms with Gasteiger partial charge in [0.2, 0.25) is 5.43 Å². The van der Waals surface area contributed by atoms with E-state index in [9.17, 15) is 19.5 Å². The Bertz CT molecular complexity index is 1580. The summed E-state index contributed by atoms with van der Waals surface area (Å²) >= 11 is 0. The number of aromatic nitrogens is 1. The normalized spacial score (nSPS) is 15.2. The Labute approximate surface area is 212 Å². The molecule has 0 aliphatic carbocycles. The molecule has 3 aromatic carbocycles. The Hall–Kier alpha value is -4.46. The minimum Gasteiger partial charge on any atom is -0.492 e. The lowest BCUT2D eigenvalue weighted by atomic mass is 10.0. The van der Waals surface area contributed by atoms with Crippen LogP contribution in [0.3, 0.4) is 0 Å². The van der Waals surface area contributed by atoms with Crippen LogP contribution in [0.25, 0.3) is 22.0 Å². The van der Waals surface area contributed by atoms with Crippen molar-refractivity contribution in [3.05, 3.63) is 94.0 Å². The van der Waals surface area contributed by atoms with Crippen LogP contribution in [-0.4, -0.2) is 41.7 Å². The van der Waals surface area contributed by atoms with Gasteiger partial charge in [-0.05, 0) is 41.7 Å². The fraction of sp³-hybridized carbons (Fsp3) is 0.207. The predicted octanol–water partition coefficient (Wildman–Crippen LogP) is 5.05. The molecule has 1 unspecified atom stereocenters. The van der Waals surface area contributed by atoms with Crippen molar-refractivity contribution in [1.29, 1.82) is 0 Å². The molecule has 7 nitrogen and oxygen atoms in total. The molecule has 2 heterocycles. The molecule has 0 radical (unpaired) electrons. The van der Waals surface area contributed by atoms with Crippen LogP contribution < -0.4 is 15.1 Å². The first kappa shape index (κ1) is 24.2. The molecule has 188 valence electrons. The number of nitrogens with zero attached hydrogens (tertiary/aromatic N) is 2. The maximum absolute atomic E-state index is 15.4. The van der Waals surface area contributed by atoms with Gasteiger partial charge in [0.1, 0.15) is 16.8 Å². The van der Waals surface area contributed by atoms with E-state index in [1.165, 1.54) is 7.11 Å². The van der Waals surface area contributed by atoms with Gasteiger partial charge < -0.3 is 14.7 Å². The summed E-state index contributed by atoms with van der Waals surface area (Å²) in [4.78, 5) is 40.5. The molecule has 0 amide bonds. The first-order valence-electron chi connectivity index (χ1n) is 11.9. The van der Waals surface area contributed by atoms with Crippen molar-refractivity contribution in [2.24, 2.45) is 5.92 Å². The molecule has 1 fully saturated rings.